The minimum Gasteiger partial charge on any atom is -0.434 e. The van der Waals surface area contributed by atoms with Gasteiger partial charge < -0.3 is 9.26 Å². The van der Waals surface area contributed by atoms with Gasteiger partial charge in [0.15, 0.2) is 5.82 Å². The summed E-state index contributed by atoms with van der Waals surface area (Å²) in [6, 6.07) is 10.7. The Morgan fingerprint density at radius 2 is 1.94 bits per heavy atom. The number of halogens is 4. The number of hydrogen-bond acceptors (Lipinski definition) is 7. The Hall–Kier alpha value is -4.29. The Balaban J connectivity index is 1.50. The number of aromatic nitrogens is 5. The molecule has 3 aromatic heterocycles. The summed E-state index contributed by atoms with van der Waals surface area (Å²) >= 11 is 0. The normalized spacial score (nSPS) is 16.2. The van der Waals surface area contributed by atoms with Crippen molar-refractivity contribution in [1.29, 1.82) is 0 Å². The van der Waals surface area contributed by atoms with Crippen molar-refractivity contribution >= 4 is 11.9 Å². The molecule has 0 aliphatic carbocycles. The molecule has 1 amide bonds. The van der Waals surface area contributed by atoms with Crippen LogP contribution in [-0.2, 0) is 11.3 Å². The molecule has 1 saturated heterocycles. The van der Waals surface area contributed by atoms with Gasteiger partial charge in [-0.05, 0) is 18.2 Å². The number of anilines is 1. The predicted octanol–water partition coefficient (Wildman–Crippen LogP) is 4.07. The summed E-state index contributed by atoms with van der Waals surface area (Å²) in [5, 5.41) is 8.34. The lowest BCUT2D eigenvalue weighted by Gasteiger charge is -2.13. The molecule has 34 heavy (non-hydrogen) atoms. The van der Waals surface area contributed by atoms with Gasteiger partial charge in [-0.1, -0.05) is 23.4 Å². The molecule has 1 aromatic carbocycles. The van der Waals surface area contributed by atoms with Crippen LogP contribution in [-0.4, -0.2) is 49.8 Å². The summed E-state index contributed by atoms with van der Waals surface area (Å²) < 4.78 is 63.9. The van der Waals surface area contributed by atoms with E-state index in [-0.39, 0.29) is 23.9 Å². The third kappa shape index (κ3) is 4.07. The molecule has 0 N–H and O–H groups in total. The quantitative estimate of drug-likeness (QED) is 0.402. The fraction of sp³-hybridized carbons (Fsp3) is 0.190. The third-order valence-corrected chi connectivity index (χ3v) is 5.08. The van der Waals surface area contributed by atoms with Crippen LogP contribution >= 0.6 is 0 Å². The molecule has 0 saturated carbocycles. The molecule has 9 nitrogen and oxygen atoms in total. The number of nitrogens with zero attached hydrogens (tertiary/aromatic N) is 6. The van der Waals surface area contributed by atoms with E-state index in [2.05, 4.69) is 25.0 Å². The second kappa shape index (κ2) is 8.24. The highest BCUT2D eigenvalue weighted by Gasteiger charge is 2.50. The van der Waals surface area contributed by atoms with Crippen LogP contribution in [0, 0.1) is 5.82 Å². The zero-order valence-corrected chi connectivity index (χ0v) is 17.1. The molecular formula is C21H14F4N6O3. The summed E-state index contributed by atoms with van der Waals surface area (Å²) in [5.41, 5.74) is 1.49. The molecule has 5 rings (SSSR count). The fourth-order valence-electron chi connectivity index (χ4n) is 3.43. The number of ether oxygens (including phenoxy) is 1. The van der Waals surface area contributed by atoms with Gasteiger partial charge in [-0.15, -0.1) is 0 Å². The van der Waals surface area contributed by atoms with E-state index in [1.807, 2.05) is 0 Å². The molecule has 1 aliphatic heterocycles. The third-order valence-electron chi connectivity index (χ3n) is 5.08. The smallest absolute Gasteiger partial charge is 0.427 e. The maximum absolute atomic E-state index is 14.2. The van der Waals surface area contributed by atoms with Crippen molar-refractivity contribution in [1.82, 2.24) is 24.9 Å². The highest BCUT2D eigenvalue weighted by molar-refractivity contribution is 5.88. The van der Waals surface area contributed by atoms with Crippen LogP contribution in [0.15, 0.2) is 59.4 Å². The molecule has 13 heteroatoms. The number of carbonyl (C=O) groups excluding carboxylic acids is 1. The Kier molecular flexibility index (Phi) is 5.23. The van der Waals surface area contributed by atoms with E-state index in [0.29, 0.717) is 17.0 Å². The maximum atomic E-state index is 14.2. The van der Waals surface area contributed by atoms with Gasteiger partial charge in [-0.2, -0.15) is 18.3 Å². The molecule has 1 unspecified atom stereocenters. The fourth-order valence-corrected chi connectivity index (χ4v) is 3.43. The first kappa shape index (κ1) is 21.6. The Morgan fingerprint density at radius 3 is 2.65 bits per heavy atom. The van der Waals surface area contributed by atoms with Crippen LogP contribution in [0.5, 0.6) is 0 Å². The molecule has 1 fully saturated rings. The van der Waals surface area contributed by atoms with Crippen LogP contribution in [0.1, 0.15) is 5.56 Å². The average molecular weight is 474 g/mol. The van der Waals surface area contributed by atoms with Gasteiger partial charge in [0.25, 0.3) is 0 Å². The molecule has 1 aliphatic rings. The van der Waals surface area contributed by atoms with Crippen molar-refractivity contribution in [3.63, 3.8) is 0 Å². The van der Waals surface area contributed by atoms with E-state index in [4.69, 9.17) is 4.52 Å². The van der Waals surface area contributed by atoms with E-state index >= 15 is 0 Å². The van der Waals surface area contributed by atoms with E-state index in [9.17, 15) is 22.4 Å². The summed E-state index contributed by atoms with van der Waals surface area (Å²) in [4.78, 5) is 21.1. The number of alkyl halides is 3. The Morgan fingerprint density at radius 1 is 1.12 bits per heavy atom. The lowest BCUT2D eigenvalue weighted by molar-refractivity contribution is -0.191. The van der Waals surface area contributed by atoms with Crippen molar-refractivity contribution in [2.75, 3.05) is 11.4 Å². The van der Waals surface area contributed by atoms with Crippen LogP contribution in [0.4, 0.5) is 28.2 Å². The van der Waals surface area contributed by atoms with Gasteiger partial charge in [0.05, 0.1) is 18.8 Å². The van der Waals surface area contributed by atoms with E-state index in [1.165, 1.54) is 29.3 Å². The average Bonchev–Trinajstić information content (AvgIpc) is 3.55. The van der Waals surface area contributed by atoms with Gasteiger partial charge in [-0.25, -0.2) is 19.2 Å². The SMILES string of the molecule is O=C1OC(C(F)(F)F)CN1c1ccnc(-c2cc(-c3ccon3)n(Cc3ccccc3F)n2)n1. The zero-order chi connectivity index (χ0) is 23.9. The molecule has 0 spiro atoms. The first-order valence-electron chi connectivity index (χ1n) is 9.90. The monoisotopic (exact) mass is 474 g/mol. The van der Waals surface area contributed by atoms with Crippen LogP contribution in [0.3, 0.4) is 0 Å². The summed E-state index contributed by atoms with van der Waals surface area (Å²) in [6.07, 6.45) is -5.46. The highest BCUT2D eigenvalue weighted by Crippen LogP contribution is 2.31. The van der Waals surface area contributed by atoms with Gasteiger partial charge >= 0.3 is 12.3 Å². The minimum atomic E-state index is -4.70. The van der Waals surface area contributed by atoms with Gasteiger partial charge in [0, 0.05) is 17.8 Å². The largest absolute Gasteiger partial charge is 0.434 e. The maximum Gasteiger partial charge on any atom is 0.427 e. The summed E-state index contributed by atoms with van der Waals surface area (Å²) in [6.45, 7) is -0.676. The van der Waals surface area contributed by atoms with E-state index in [0.717, 1.165) is 4.90 Å². The van der Waals surface area contributed by atoms with Crippen molar-refractivity contribution in [3.8, 4) is 22.9 Å². The van der Waals surface area contributed by atoms with Crippen molar-refractivity contribution in [2.24, 2.45) is 0 Å². The summed E-state index contributed by atoms with van der Waals surface area (Å²) in [5.74, 6) is -0.457. The molecular weight excluding hydrogens is 460 g/mol. The predicted molar refractivity (Wildman–Crippen MR) is 108 cm³/mol. The first-order valence-corrected chi connectivity index (χ1v) is 9.90. The molecule has 0 bridgehead atoms. The topological polar surface area (TPSA) is 99.2 Å². The van der Waals surface area contributed by atoms with Crippen molar-refractivity contribution < 1.29 is 31.6 Å². The van der Waals surface area contributed by atoms with Gasteiger partial charge in [0.2, 0.25) is 6.10 Å². The van der Waals surface area contributed by atoms with Crippen LogP contribution in [0.2, 0.25) is 0 Å². The number of hydrogen-bond donors (Lipinski definition) is 0. The standard InChI is InChI=1S/C21H14F4N6O3/c22-13-4-2-1-3-12(13)10-31-16(14-6-8-33-29-14)9-15(28-31)19-26-7-5-18(27-19)30-11-17(21(23,24)25)34-20(30)32/h1-9,17H,10-11H2. The molecule has 4 heterocycles. The number of rotatable bonds is 5. The molecule has 174 valence electrons. The number of amides is 1. The van der Waals surface area contributed by atoms with Crippen molar-refractivity contribution in [3.05, 3.63) is 66.3 Å². The lowest BCUT2D eigenvalue weighted by atomic mass is 10.2. The highest BCUT2D eigenvalue weighted by atomic mass is 19.4. The lowest BCUT2D eigenvalue weighted by Crippen LogP contribution is -2.33. The Labute approximate surface area is 188 Å². The van der Waals surface area contributed by atoms with Crippen molar-refractivity contribution in [2.45, 2.75) is 18.8 Å². The Bertz CT molecular complexity index is 1340. The zero-order valence-electron chi connectivity index (χ0n) is 17.1. The molecule has 1 atom stereocenters. The molecule has 4 aromatic rings. The second-order valence-electron chi connectivity index (χ2n) is 7.31. The first-order chi connectivity index (χ1) is 16.3. The number of cyclic esters (lactones) is 1. The van der Waals surface area contributed by atoms with Gasteiger partial charge in [-0.3, -0.25) is 9.58 Å². The van der Waals surface area contributed by atoms with E-state index < -0.39 is 30.7 Å². The number of carbonyl (C=O) groups is 1. The molecule has 0 radical (unpaired) electrons. The van der Waals surface area contributed by atoms with Crippen LogP contribution < -0.4 is 4.90 Å². The van der Waals surface area contributed by atoms with Crippen LogP contribution in [0.25, 0.3) is 22.9 Å². The van der Waals surface area contributed by atoms with E-state index in [1.54, 1.807) is 30.3 Å². The second-order valence-corrected chi connectivity index (χ2v) is 7.31. The minimum absolute atomic E-state index is 0.0396. The van der Waals surface area contributed by atoms with Gasteiger partial charge in [0.1, 0.15) is 29.3 Å². The number of benzene rings is 1. The summed E-state index contributed by atoms with van der Waals surface area (Å²) in [7, 11) is 0.